The van der Waals surface area contributed by atoms with Crippen molar-refractivity contribution in [2.45, 2.75) is 33.1 Å². The van der Waals surface area contributed by atoms with Gasteiger partial charge in [-0.05, 0) is 44.4 Å². The van der Waals surface area contributed by atoms with E-state index in [1.165, 1.54) is 6.07 Å². The van der Waals surface area contributed by atoms with Gasteiger partial charge in [0.25, 0.3) is 0 Å². The van der Waals surface area contributed by atoms with Gasteiger partial charge >= 0.3 is 0 Å². The lowest BCUT2D eigenvalue weighted by Crippen LogP contribution is -2.42. The monoisotopic (exact) mass is 381 g/mol. The van der Waals surface area contributed by atoms with Crippen LogP contribution in [0.1, 0.15) is 32.3 Å². The van der Waals surface area contributed by atoms with Crippen molar-refractivity contribution in [1.29, 1.82) is 0 Å². The van der Waals surface area contributed by atoms with Gasteiger partial charge in [-0.2, -0.15) is 0 Å². The first-order chi connectivity index (χ1) is 12.9. The zero-order valence-electron chi connectivity index (χ0n) is 16.2. The number of hydrogen-bond acceptors (Lipinski definition) is 3. The van der Waals surface area contributed by atoms with E-state index in [1.807, 2.05) is 23.6 Å². The average Bonchev–Trinajstić information content (AvgIpc) is 2.89. The van der Waals surface area contributed by atoms with Gasteiger partial charge in [-0.3, -0.25) is 14.5 Å². The summed E-state index contributed by atoms with van der Waals surface area (Å²) in [7, 11) is 0. The molecule has 0 radical (unpaired) electrons. The van der Waals surface area contributed by atoms with Crippen LogP contribution in [0.5, 0.6) is 0 Å². The molecule has 0 aromatic heterocycles. The Labute approximate surface area is 159 Å². The lowest BCUT2D eigenvalue weighted by Gasteiger charge is -2.25. The Hall–Kier alpha value is -2.02. The third-order valence-corrected chi connectivity index (χ3v) is 5.03. The van der Waals surface area contributed by atoms with Gasteiger partial charge in [0, 0.05) is 45.7 Å². The molecule has 150 valence electrons. The molecule has 2 rings (SSSR count). The van der Waals surface area contributed by atoms with E-state index >= 15 is 0 Å². The summed E-state index contributed by atoms with van der Waals surface area (Å²) < 4.78 is 26.2. The van der Waals surface area contributed by atoms with Crippen molar-refractivity contribution in [3.8, 4) is 0 Å². The van der Waals surface area contributed by atoms with Crippen molar-refractivity contribution in [1.82, 2.24) is 14.7 Å². The Bertz CT molecular complexity index is 650. The maximum absolute atomic E-state index is 13.3. The van der Waals surface area contributed by atoms with Crippen LogP contribution in [0.3, 0.4) is 0 Å². The lowest BCUT2D eigenvalue weighted by atomic mass is 10.1. The highest BCUT2D eigenvalue weighted by molar-refractivity contribution is 5.78. The minimum atomic E-state index is -0.886. The van der Waals surface area contributed by atoms with E-state index in [-0.39, 0.29) is 18.2 Å². The maximum atomic E-state index is 13.3. The van der Waals surface area contributed by atoms with Crippen LogP contribution in [-0.4, -0.2) is 72.3 Å². The molecule has 1 aliphatic rings. The van der Waals surface area contributed by atoms with Gasteiger partial charge < -0.3 is 9.80 Å². The highest BCUT2D eigenvalue weighted by atomic mass is 19.2. The summed E-state index contributed by atoms with van der Waals surface area (Å²) in [4.78, 5) is 30.5. The number of carbonyl (C=O) groups is 2. The second-order valence-electron chi connectivity index (χ2n) is 6.82. The van der Waals surface area contributed by atoms with Crippen LogP contribution in [0.25, 0.3) is 0 Å². The van der Waals surface area contributed by atoms with Gasteiger partial charge in [-0.25, -0.2) is 8.78 Å². The molecule has 1 saturated heterocycles. The molecule has 0 spiro atoms. The van der Waals surface area contributed by atoms with Crippen LogP contribution in [-0.2, 0) is 16.0 Å². The molecule has 1 fully saturated rings. The van der Waals surface area contributed by atoms with E-state index in [2.05, 4.69) is 4.90 Å². The predicted octanol–water partition coefficient (Wildman–Crippen LogP) is 2.30. The second kappa shape index (κ2) is 10.3. The highest BCUT2D eigenvalue weighted by Gasteiger charge is 2.21. The van der Waals surface area contributed by atoms with E-state index in [4.69, 9.17) is 0 Å². The molecule has 1 aromatic carbocycles. The van der Waals surface area contributed by atoms with Crippen molar-refractivity contribution in [2.75, 3.05) is 45.8 Å². The first kappa shape index (κ1) is 21.3. The molecule has 0 N–H and O–H groups in total. The number of halogens is 2. The van der Waals surface area contributed by atoms with Gasteiger partial charge in [-0.15, -0.1) is 0 Å². The van der Waals surface area contributed by atoms with E-state index in [0.717, 1.165) is 25.1 Å². The predicted molar refractivity (Wildman–Crippen MR) is 100 cm³/mol. The number of rotatable bonds is 7. The number of hydrogen-bond donors (Lipinski definition) is 0. The molecule has 0 aliphatic carbocycles. The summed E-state index contributed by atoms with van der Waals surface area (Å²) in [5.74, 6) is -1.63. The first-order valence-electron chi connectivity index (χ1n) is 9.66. The molecule has 0 saturated carbocycles. The SMILES string of the molecule is CCN(CC)C(=O)CN1CCCN(C(=O)CCc2ccc(F)c(F)c2)CC1. The summed E-state index contributed by atoms with van der Waals surface area (Å²) in [6, 6.07) is 3.74. The third kappa shape index (κ3) is 6.27. The van der Waals surface area contributed by atoms with Crippen LogP contribution in [0.15, 0.2) is 18.2 Å². The van der Waals surface area contributed by atoms with Crippen molar-refractivity contribution in [2.24, 2.45) is 0 Å². The van der Waals surface area contributed by atoms with Crippen molar-refractivity contribution in [3.05, 3.63) is 35.4 Å². The fourth-order valence-electron chi connectivity index (χ4n) is 3.35. The van der Waals surface area contributed by atoms with Crippen molar-refractivity contribution >= 4 is 11.8 Å². The Balaban J connectivity index is 1.81. The van der Waals surface area contributed by atoms with E-state index in [0.29, 0.717) is 51.3 Å². The summed E-state index contributed by atoms with van der Waals surface area (Å²) in [5.41, 5.74) is 0.614. The smallest absolute Gasteiger partial charge is 0.236 e. The Morgan fingerprint density at radius 1 is 1.04 bits per heavy atom. The molecule has 1 aliphatic heterocycles. The summed E-state index contributed by atoms with van der Waals surface area (Å²) in [6.07, 6.45) is 1.47. The van der Waals surface area contributed by atoms with Gasteiger partial charge in [-0.1, -0.05) is 6.07 Å². The molecule has 0 unspecified atom stereocenters. The Kier molecular flexibility index (Phi) is 8.16. The lowest BCUT2D eigenvalue weighted by molar-refractivity contribution is -0.132. The Morgan fingerprint density at radius 2 is 1.78 bits per heavy atom. The van der Waals surface area contributed by atoms with Gasteiger partial charge in [0.15, 0.2) is 11.6 Å². The van der Waals surface area contributed by atoms with E-state index in [1.54, 1.807) is 0 Å². The molecule has 1 heterocycles. The topological polar surface area (TPSA) is 43.9 Å². The van der Waals surface area contributed by atoms with Gasteiger partial charge in [0.05, 0.1) is 6.54 Å². The number of benzene rings is 1. The molecule has 27 heavy (non-hydrogen) atoms. The summed E-state index contributed by atoms with van der Waals surface area (Å²) in [6.45, 7) is 8.45. The number of aryl methyl sites for hydroxylation is 1. The Morgan fingerprint density at radius 3 is 2.44 bits per heavy atom. The average molecular weight is 381 g/mol. The molecule has 1 aromatic rings. The maximum Gasteiger partial charge on any atom is 0.236 e. The largest absolute Gasteiger partial charge is 0.342 e. The summed E-state index contributed by atoms with van der Waals surface area (Å²) in [5, 5.41) is 0. The van der Waals surface area contributed by atoms with Crippen molar-refractivity contribution in [3.63, 3.8) is 0 Å². The highest BCUT2D eigenvalue weighted by Crippen LogP contribution is 2.12. The number of carbonyl (C=O) groups excluding carboxylic acids is 2. The van der Waals surface area contributed by atoms with Crippen LogP contribution in [0.4, 0.5) is 8.78 Å². The molecule has 0 bridgehead atoms. The zero-order chi connectivity index (χ0) is 19.8. The van der Waals surface area contributed by atoms with Crippen LogP contribution >= 0.6 is 0 Å². The van der Waals surface area contributed by atoms with Gasteiger partial charge in [0.1, 0.15) is 0 Å². The van der Waals surface area contributed by atoms with E-state index < -0.39 is 11.6 Å². The fourth-order valence-corrected chi connectivity index (χ4v) is 3.35. The third-order valence-electron chi connectivity index (χ3n) is 5.03. The van der Waals surface area contributed by atoms with E-state index in [9.17, 15) is 18.4 Å². The molecule has 5 nitrogen and oxygen atoms in total. The van der Waals surface area contributed by atoms with Crippen LogP contribution in [0.2, 0.25) is 0 Å². The normalized spacial score (nSPS) is 15.5. The van der Waals surface area contributed by atoms with Crippen LogP contribution < -0.4 is 0 Å². The molecule has 7 heteroatoms. The quantitative estimate of drug-likeness (QED) is 0.728. The minimum absolute atomic E-state index is 0.0108. The molecule has 0 atom stereocenters. The number of amides is 2. The van der Waals surface area contributed by atoms with Crippen LogP contribution in [0, 0.1) is 11.6 Å². The zero-order valence-corrected chi connectivity index (χ0v) is 16.2. The second-order valence-corrected chi connectivity index (χ2v) is 6.82. The molecule has 2 amide bonds. The number of likely N-dealkylation sites (N-methyl/N-ethyl adjacent to an activating group) is 1. The molecular weight excluding hydrogens is 352 g/mol. The standard InChI is InChI=1S/C20H29F2N3O2/c1-3-24(4-2)20(27)15-23-10-5-11-25(13-12-23)19(26)9-7-16-6-8-17(21)18(22)14-16/h6,8,14H,3-5,7,9-13,15H2,1-2H3. The molecular formula is C20H29F2N3O2. The summed E-state index contributed by atoms with van der Waals surface area (Å²) >= 11 is 0. The van der Waals surface area contributed by atoms with Gasteiger partial charge in [0.2, 0.25) is 11.8 Å². The first-order valence-corrected chi connectivity index (χ1v) is 9.66. The number of nitrogens with zero attached hydrogens (tertiary/aromatic N) is 3. The minimum Gasteiger partial charge on any atom is -0.342 e. The van der Waals surface area contributed by atoms with Crippen molar-refractivity contribution < 1.29 is 18.4 Å². The fraction of sp³-hybridized carbons (Fsp3) is 0.600.